The van der Waals surface area contributed by atoms with Crippen LogP contribution >= 0.6 is 0 Å². The number of rotatable bonds is 8. The van der Waals surface area contributed by atoms with Crippen molar-refractivity contribution in [3.63, 3.8) is 0 Å². The molecule has 0 aliphatic heterocycles. The summed E-state index contributed by atoms with van der Waals surface area (Å²) in [5.74, 6) is 0.760. The summed E-state index contributed by atoms with van der Waals surface area (Å²) in [7, 11) is 1.61. The van der Waals surface area contributed by atoms with Crippen molar-refractivity contribution in [2.45, 2.75) is 19.8 Å². The maximum Gasteiger partial charge on any atom is 0.221 e. The van der Waals surface area contributed by atoms with Gasteiger partial charge in [-0.05, 0) is 6.42 Å². The summed E-state index contributed by atoms with van der Waals surface area (Å²) in [4.78, 5) is 19.6. The monoisotopic (exact) mass is 252 g/mol. The number of hydrogen-bond donors (Lipinski definition) is 2. The van der Waals surface area contributed by atoms with Gasteiger partial charge in [0.05, 0.1) is 6.61 Å². The molecule has 100 valence electrons. The molecule has 1 heterocycles. The molecule has 0 saturated carbocycles. The Balaban J connectivity index is 2.22. The van der Waals surface area contributed by atoms with Gasteiger partial charge in [0.1, 0.15) is 12.1 Å². The highest BCUT2D eigenvalue weighted by molar-refractivity contribution is 5.76. The average Bonchev–Trinajstić information content (AvgIpc) is 2.39. The molecule has 0 fully saturated rings. The molecule has 0 radical (unpaired) electrons. The molecule has 0 aliphatic rings. The summed E-state index contributed by atoms with van der Waals surface area (Å²) in [6.45, 7) is 3.67. The number of nitrogens with one attached hydrogen (secondary N) is 2. The molecule has 0 saturated heterocycles. The van der Waals surface area contributed by atoms with Gasteiger partial charge >= 0.3 is 0 Å². The lowest BCUT2D eigenvalue weighted by Crippen LogP contribution is -2.28. The van der Waals surface area contributed by atoms with Gasteiger partial charge in [-0.3, -0.25) is 4.79 Å². The minimum Gasteiger partial charge on any atom is -0.383 e. The second-order valence-corrected chi connectivity index (χ2v) is 3.77. The molecule has 0 aliphatic carbocycles. The van der Waals surface area contributed by atoms with Crippen LogP contribution < -0.4 is 10.6 Å². The van der Waals surface area contributed by atoms with Crippen LogP contribution in [0.4, 0.5) is 5.82 Å². The summed E-state index contributed by atoms with van der Waals surface area (Å²) in [5, 5.41) is 5.85. The molecule has 0 aromatic carbocycles. The second-order valence-electron chi connectivity index (χ2n) is 3.77. The molecular formula is C12H20N4O2. The zero-order valence-corrected chi connectivity index (χ0v) is 10.9. The van der Waals surface area contributed by atoms with Gasteiger partial charge in [0, 0.05) is 38.4 Å². The predicted molar refractivity (Wildman–Crippen MR) is 69.4 cm³/mol. The molecule has 0 spiro atoms. The van der Waals surface area contributed by atoms with E-state index in [9.17, 15) is 4.79 Å². The van der Waals surface area contributed by atoms with Gasteiger partial charge in [-0.2, -0.15) is 0 Å². The van der Waals surface area contributed by atoms with E-state index in [4.69, 9.17) is 4.74 Å². The lowest BCUT2D eigenvalue weighted by molar-refractivity contribution is -0.121. The van der Waals surface area contributed by atoms with E-state index in [1.54, 1.807) is 7.11 Å². The number of nitrogens with zero attached hydrogens (tertiary/aromatic N) is 2. The van der Waals surface area contributed by atoms with Crippen LogP contribution in [0.3, 0.4) is 0 Å². The van der Waals surface area contributed by atoms with Gasteiger partial charge in [-0.1, -0.05) is 6.92 Å². The summed E-state index contributed by atoms with van der Waals surface area (Å²) < 4.78 is 4.84. The lowest BCUT2D eigenvalue weighted by Gasteiger charge is -2.07. The van der Waals surface area contributed by atoms with Crippen LogP contribution in [0.15, 0.2) is 12.4 Å². The Labute approximate surface area is 107 Å². The molecule has 0 unspecified atom stereocenters. The van der Waals surface area contributed by atoms with Crippen LogP contribution in [0.5, 0.6) is 0 Å². The number of carbonyl (C=O) groups excluding carboxylic acids is 1. The molecule has 18 heavy (non-hydrogen) atoms. The number of aryl methyl sites for hydroxylation is 1. The third-order valence-electron chi connectivity index (χ3n) is 2.37. The molecule has 6 nitrogen and oxygen atoms in total. The number of methoxy groups -OCH3 is 1. The van der Waals surface area contributed by atoms with Crippen molar-refractivity contribution in [3.8, 4) is 0 Å². The fraction of sp³-hybridized carbons (Fsp3) is 0.583. The molecule has 0 bridgehead atoms. The van der Waals surface area contributed by atoms with Crippen molar-refractivity contribution in [1.29, 1.82) is 0 Å². The number of ether oxygens (including phenoxy) is 1. The number of carbonyl (C=O) groups is 1. The first kappa shape index (κ1) is 14.4. The Morgan fingerprint density at radius 3 is 2.94 bits per heavy atom. The Hall–Kier alpha value is -1.69. The minimum atomic E-state index is 0.00400. The zero-order chi connectivity index (χ0) is 13.2. The highest BCUT2D eigenvalue weighted by atomic mass is 16.5. The van der Waals surface area contributed by atoms with Crippen LogP contribution in [0, 0.1) is 0 Å². The van der Waals surface area contributed by atoms with Crippen molar-refractivity contribution in [1.82, 2.24) is 15.3 Å². The van der Waals surface area contributed by atoms with E-state index >= 15 is 0 Å². The van der Waals surface area contributed by atoms with Crippen LogP contribution in [-0.2, 0) is 16.0 Å². The van der Waals surface area contributed by atoms with Crippen molar-refractivity contribution in [2.24, 2.45) is 0 Å². The van der Waals surface area contributed by atoms with Crippen LogP contribution in [0.25, 0.3) is 0 Å². The van der Waals surface area contributed by atoms with Gasteiger partial charge in [-0.15, -0.1) is 0 Å². The average molecular weight is 252 g/mol. The quantitative estimate of drug-likeness (QED) is 0.663. The standard InChI is InChI=1S/C12H20N4O2/c1-3-10-8-11(16-9-15-10)13-5-4-12(17)14-6-7-18-2/h8-9H,3-7H2,1-2H3,(H,14,17)(H,13,15,16). The van der Waals surface area contributed by atoms with Crippen LogP contribution in [-0.4, -0.2) is 42.7 Å². The first-order valence-electron chi connectivity index (χ1n) is 6.06. The van der Waals surface area contributed by atoms with Gasteiger partial charge in [0.25, 0.3) is 0 Å². The summed E-state index contributed by atoms with van der Waals surface area (Å²) in [6.07, 6.45) is 2.81. The first-order chi connectivity index (χ1) is 8.76. The third kappa shape index (κ3) is 5.58. The molecule has 0 atom stereocenters. The maximum atomic E-state index is 11.4. The number of anilines is 1. The van der Waals surface area contributed by atoms with Crippen molar-refractivity contribution < 1.29 is 9.53 Å². The second kappa shape index (κ2) is 8.41. The molecule has 1 aromatic heterocycles. The van der Waals surface area contributed by atoms with Crippen molar-refractivity contribution in [2.75, 3.05) is 32.1 Å². The smallest absolute Gasteiger partial charge is 0.221 e. The van der Waals surface area contributed by atoms with Gasteiger partial charge in [-0.25, -0.2) is 9.97 Å². The van der Waals surface area contributed by atoms with E-state index in [-0.39, 0.29) is 5.91 Å². The van der Waals surface area contributed by atoms with E-state index in [0.29, 0.717) is 26.1 Å². The normalized spacial score (nSPS) is 10.1. The number of aromatic nitrogens is 2. The fourth-order valence-electron chi connectivity index (χ4n) is 1.37. The maximum absolute atomic E-state index is 11.4. The first-order valence-corrected chi connectivity index (χ1v) is 6.06. The minimum absolute atomic E-state index is 0.00400. The van der Waals surface area contributed by atoms with E-state index < -0.39 is 0 Å². The zero-order valence-electron chi connectivity index (χ0n) is 10.9. The summed E-state index contributed by atoms with van der Waals surface area (Å²) >= 11 is 0. The molecule has 1 amide bonds. The van der Waals surface area contributed by atoms with E-state index in [1.165, 1.54) is 6.33 Å². The fourth-order valence-corrected chi connectivity index (χ4v) is 1.37. The van der Waals surface area contributed by atoms with Gasteiger partial charge in [0.15, 0.2) is 0 Å². The third-order valence-corrected chi connectivity index (χ3v) is 2.37. The molecule has 1 rings (SSSR count). The van der Waals surface area contributed by atoms with Gasteiger partial charge < -0.3 is 15.4 Å². The Morgan fingerprint density at radius 2 is 2.22 bits per heavy atom. The predicted octanol–water partition coefficient (Wildman–Crippen LogP) is 0.604. The lowest BCUT2D eigenvalue weighted by atomic mass is 10.3. The van der Waals surface area contributed by atoms with E-state index in [0.717, 1.165) is 17.9 Å². The number of amides is 1. The van der Waals surface area contributed by atoms with Crippen LogP contribution in [0.2, 0.25) is 0 Å². The summed E-state index contributed by atoms with van der Waals surface area (Å²) in [6, 6.07) is 1.89. The van der Waals surface area contributed by atoms with Crippen molar-refractivity contribution in [3.05, 3.63) is 18.1 Å². The van der Waals surface area contributed by atoms with Crippen LogP contribution in [0.1, 0.15) is 19.0 Å². The highest BCUT2D eigenvalue weighted by Gasteiger charge is 2.01. The molecular weight excluding hydrogens is 232 g/mol. The summed E-state index contributed by atoms with van der Waals surface area (Å²) in [5.41, 5.74) is 0.983. The Morgan fingerprint density at radius 1 is 1.39 bits per heavy atom. The largest absolute Gasteiger partial charge is 0.383 e. The van der Waals surface area contributed by atoms with Gasteiger partial charge in [0.2, 0.25) is 5.91 Å². The molecule has 2 N–H and O–H groups in total. The number of hydrogen-bond acceptors (Lipinski definition) is 5. The topological polar surface area (TPSA) is 76.1 Å². The molecule has 1 aromatic rings. The Kier molecular flexibility index (Phi) is 6.71. The van der Waals surface area contributed by atoms with E-state index in [2.05, 4.69) is 20.6 Å². The SMILES string of the molecule is CCc1cc(NCCC(=O)NCCOC)ncn1. The highest BCUT2D eigenvalue weighted by Crippen LogP contribution is 2.03. The molecule has 6 heteroatoms. The Bertz CT molecular complexity index is 371. The van der Waals surface area contributed by atoms with Crippen molar-refractivity contribution >= 4 is 11.7 Å². The van der Waals surface area contributed by atoms with E-state index in [1.807, 2.05) is 13.0 Å².